The third-order valence-electron chi connectivity index (χ3n) is 2.92. The number of benzene rings is 2. The summed E-state index contributed by atoms with van der Waals surface area (Å²) in [5.74, 6) is 0.152. The average Bonchev–Trinajstić information content (AvgIpc) is 2.54. The molecule has 0 heterocycles. The fourth-order valence-electron chi connectivity index (χ4n) is 1.86. The second kappa shape index (κ2) is 7.21. The minimum Gasteiger partial charge on any atom is -0.491 e. The molecule has 0 saturated heterocycles. The average molecular weight is 300 g/mol. The second-order valence-corrected chi connectivity index (χ2v) is 4.61. The largest absolute Gasteiger partial charge is 0.491 e. The van der Waals surface area contributed by atoms with Crippen LogP contribution in [0.15, 0.2) is 48.5 Å². The standard InChI is InChI=1S/C16H16N2O4/c1-2-10-22-15-9-4-3-8-14(15)17-16(19)12-6-5-7-13(11-12)18(20)21/h3-9,11H,2,10H2,1H3,(H,17,19). The van der Waals surface area contributed by atoms with Gasteiger partial charge in [-0.1, -0.05) is 25.1 Å². The Bertz CT molecular complexity index is 685. The summed E-state index contributed by atoms with van der Waals surface area (Å²) in [6.45, 7) is 2.54. The summed E-state index contributed by atoms with van der Waals surface area (Å²) in [5.41, 5.74) is 0.634. The van der Waals surface area contributed by atoms with Gasteiger partial charge in [0, 0.05) is 17.7 Å². The van der Waals surface area contributed by atoms with E-state index in [9.17, 15) is 14.9 Å². The van der Waals surface area contributed by atoms with E-state index in [0.717, 1.165) is 6.42 Å². The van der Waals surface area contributed by atoms with E-state index in [1.165, 1.54) is 24.3 Å². The van der Waals surface area contributed by atoms with Gasteiger partial charge in [-0.3, -0.25) is 14.9 Å². The molecule has 2 aromatic rings. The van der Waals surface area contributed by atoms with Crippen molar-refractivity contribution in [3.63, 3.8) is 0 Å². The number of ether oxygens (including phenoxy) is 1. The lowest BCUT2D eigenvalue weighted by atomic mass is 10.2. The van der Waals surface area contributed by atoms with E-state index in [4.69, 9.17) is 4.74 Å². The Labute approximate surface area is 127 Å². The molecular weight excluding hydrogens is 284 g/mol. The predicted octanol–water partition coefficient (Wildman–Crippen LogP) is 3.64. The van der Waals surface area contributed by atoms with Crippen LogP contribution < -0.4 is 10.1 Å². The summed E-state index contributed by atoms with van der Waals surface area (Å²) >= 11 is 0. The quantitative estimate of drug-likeness (QED) is 0.652. The molecule has 0 atom stereocenters. The zero-order valence-corrected chi connectivity index (χ0v) is 12.1. The highest BCUT2D eigenvalue weighted by atomic mass is 16.6. The summed E-state index contributed by atoms with van der Waals surface area (Å²) in [6.07, 6.45) is 0.854. The van der Waals surface area contributed by atoms with Crippen molar-refractivity contribution in [3.05, 3.63) is 64.2 Å². The summed E-state index contributed by atoms with van der Waals surface area (Å²) in [7, 11) is 0. The number of non-ortho nitro benzene ring substituents is 1. The Morgan fingerprint density at radius 2 is 2.00 bits per heavy atom. The molecule has 2 aromatic carbocycles. The van der Waals surface area contributed by atoms with Crippen molar-refractivity contribution in [1.29, 1.82) is 0 Å². The molecule has 2 rings (SSSR count). The van der Waals surface area contributed by atoms with Gasteiger partial charge in [0.1, 0.15) is 5.75 Å². The summed E-state index contributed by atoms with van der Waals surface area (Å²) in [4.78, 5) is 22.5. The molecule has 1 N–H and O–H groups in total. The van der Waals surface area contributed by atoms with Crippen LogP contribution in [0.3, 0.4) is 0 Å². The van der Waals surface area contributed by atoms with Gasteiger partial charge in [0.2, 0.25) is 0 Å². The van der Waals surface area contributed by atoms with E-state index < -0.39 is 10.8 Å². The van der Waals surface area contributed by atoms with Crippen LogP contribution in [0.1, 0.15) is 23.7 Å². The Kier molecular flexibility index (Phi) is 5.08. The molecule has 0 saturated carbocycles. The fraction of sp³-hybridized carbons (Fsp3) is 0.188. The Morgan fingerprint density at radius 3 is 2.73 bits per heavy atom. The monoisotopic (exact) mass is 300 g/mol. The first kappa shape index (κ1) is 15.5. The second-order valence-electron chi connectivity index (χ2n) is 4.61. The predicted molar refractivity (Wildman–Crippen MR) is 83.3 cm³/mol. The highest BCUT2D eigenvalue weighted by molar-refractivity contribution is 6.05. The van der Waals surface area contributed by atoms with Gasteiger partial charge in [0.25, 0.3) is 11.6 Å². The third kappa shape index (κ3) is 3.82. The van der Waals surface area contributed by atoms with Gasteiger partial charge < -0.3 is 10.1 Å². The topological polar surface area (TPSA) is 81.5 Å². The lowest BCUT2D eigenvalue weighted by Crippen LogP contribution is -2.13. The van der Waals surface area contributed by atoms with Crippen molar-refractivity contribution in [2.24, 2.45) is 0 Å². The Morgan fingerprint density at radius 1 is 1.23 bits per heavy atom. The third-order valence-corrected chi connectivity index (χ3v) is 2.92. The molecule has 0 aliphatic heterocycles. The van der Waals surface area contributed by atoms with E-state index in [1.54, 1.807) is 18.2 Å². The van der Waals surface area contributed by atoms with E-state index in [2.05, 4.69) is 5.32 Å². The number of amides is 1. The summed E-state index contributed by atoms with van der Waals surface area (Å²) in [5, 5.41) is 13.5. The van der Waals surface area contributed by atoms with Crippen LogP contribution in [0.4, 0.5) is 11.4 Å². The number of nitro groups is 1. The van der Waals surface area contributed by atoms with Gasteiger partial charge in [-0.05, 0) is 24.6 Å². The number of anilines is 1. The van der Waals surface area contributed by atoms with Crippen LogP contribution in [0, 0.1) is 10.1 Å². The lowest BCUT2D eigenvalue weighted by molar-refractivity contribution is -0.384. The van der Waals surface area contributed by atoms with Gasteiger partial charge in [-0.25, -0.2) is 0 Å². The molecule has 0 aliphatic rings. The SMILES string of the molecule is CCCOc1ccccc1NC(=O)c1cccc([N+](=O)[O-])c1. The van der Waals surface area contributed by atoms with Gasteiger partial charge >= 0.3 is 0 Å². The van der Waals surface area contributed by atoms with Crippen LogP contribution in [-0.4, -0.2) is 17.4 Å². The fourth-order valence-corrected chi connectivity index (χ4v) is 1.86. The maximum absolute atomic E-state index is 12.2. The molecule has 6 heteroatoms. The Hall–Kier alpha value is -2.89. The number of nitro benzene ring substituents is 1. The molecule has 0 radical (unpaired) electrons. The van der Waals surface area contributed by atoms with Crippen molar-refractivity contribution < 1.29 is 14.5 Å². The highest BCUT2D eigenvalue weighted by Gasteiger charge is 2.13. The van der Waals surface area contributed by atoms with Crippen LogP contribution in [0.25, 0.3) is 0 Å². The van der Waals surface area contributed by atoms with Crippen molar-refractivity contribution in [2.45, 2.75) is 13.3 Å². The Balaban J connectivity index is 2.18. The molecule has 0 unspecified atom stereocenters. The molecule has 6 nitrogen and oxygen atoms in total. The summed E-state index contributed by atoms with van der Waals surface area (Å²) in [6, 6.07) is 12.7. The van der Waals surface area contributed by atoms with Crippen LogP contribution in [0.5, 0.6) is 5.75 Å². The van der Waals surface area contributed by atoms with E-state index >= 15 is 0 Å². The smallest absolute Gasteiger partial charge is 0.270 e. The maximum Gasteiger partial charge on any atom is 0.270 e. The normalized spacial score (nSPS) is 10.0. The van der Waals surface area contributed by atoms with Crippen LogP contribution in [0.2, 0.25) is 0 Å². The molecule has 1 amide bonds. The molecule has 0 fully saturated rings. The van der Waals surface area contributed by atoms with Gasteiger partial charge in [-0.15, -0.1) is 0 Å². The van der Waals surface area contributed by atoms with E-state index in [0.29, 0.717) is 18.0 Å². The number of nitrogens with one attached hydrogen (secondary N) is 1. The number of hydrogen-bond donors (Lipinski definition) is 1. The molecule has 0 spiro atoms. The minimum atomic E-state index is -0.533. The molecule has 0 aliphatic carbocycles. The zero-order chi connectivity index (χ0) is 15.9. The van der Waals surface area contributed by atoms with Crippen molar-refractivity contribution in [1.82, 2.24) is 0 Å². The van der Waals surface area contributed by atoms with Crippen molar-refractivity contribution >= 4 is 17.3 Å². The first-order valence-corrected chi connectivity index (χ1v) is 6.89. The molecule has 0 aromatic heterocycles. The minimum absolute atomic E-state index is 0.122. The molecule has 0 bridgehead atoms. The van der Waals surface area contributed by atoms with Crippen LogP contribution >= 0.6 is 0 Å². The lowest BCUT2D eigenvalue weighted by Gasteiger charge is -2.11. The number of nitrogens with zero attached hydrogens (tertiary/aromatic N) is 1. The zero-order valence-electron chi connectivity index (χ0n) is 12.1. The van der Waals surface area contributed by atoms with Crippen LogP contribution in [-0.2, 0) is 0 Å². The number of rotatable bonds is 6. The number of para-hydroxylation sites is 2. The first-order chi connectivity index (χ1) is 10.6. The van der Waals surface area contributed by atoms with Gasteiger partial charge in [0.05, 0.1) is 17.2 Å². The van der Waals surface area contributed by atoms with Crippen molar-refractivity contribution in [3.8, 4) is 5.75 Å². The van der Waals surface area contributed by atoms with E-state index in [1.807, 2.05) is 13.0 Å². The highest BCUT2D eigenvalue weighted by Crippen LogP contribution is 2.25. The summed E-state index contributed by atoms with van der Waals surface area (Å²) < 4.78 is 5.56. The van der Waals surface area contributed by atoms with Crippen molar-refractivity contribution in [2.75, 3.05) is 11.9 Å². The molecule has 114 valence electrons. The number of hydrogen-bond acceptors (Lipinski definition) is 4. The first-order valence-electron chi connectivity index (χ1n) is 6.89. The molecular formula is C16H16N2O4. The maximum atomic E-state index is 12.2. The van der Waals surface area contributed by atoms with E-state index in [-0.39, 0.29) is 11.3 Å². The number of carbonyl (C=O) groups excluding carboxylic acids is 1. The van der Waals surface area contributed by atoms with Gasteiger partial charge in [-0.2, -0.15) is 0 Å². The molecule has 22 heavy (non-hydrogen) atoms. The van der Waals surface area contributed by atoms with Gasteiger partial charge in [0.15, 0.2) is 0 Å². The number of carbonyl (C=O) groups is 1.